The van der Waals surface area contributed by atoms with Gasteiger partial charge in [-0.15, -0.1) is 11.3 Å². The van der Waals surface area contributed by atoms with Gasteiger partial charge in [0.25, 0.3) is 0 Å². The highest BCUT2D eigenvalue weighted by molar-refractivity contribution is 7.91. The quantitative estimate of drug-likeness (QED) is 0.705. The highest BCUT2D eigenvalue weighted by atomic mass is 32.2. The van der Waals surface area contributed by atoms with Gasteiger partial charge in [0, 0.05) is 24.0 Å². The van der Waals surface area contributed by atoms with Gasteiger partial charge in [-0.05, 0) is 18.9 Å². The van der Waals surface area contributed by atoms with Gasteiger partial charge in [-0.25, -0.2) is 18.4 Å². The number of hydrogen-bond donors (Lipinski definition) is 0. The van der Waals surface area contributed by atoms with Crippen molar-refractivity contribution < 1.29 is 8.42 Å². The Morgan fingerprint density at radius 3 is 2.64 bits per heavy atom. The van der Waals surface area contributed by atoms with Crippen LogP contribution in [0.15, 0.2) is 35.7 Å². The Balaban J connectivity index is 1.87. The predicted octanol–water partition coefficient (Wildman–Crippen LogP) is 3.29. The van der Waals surface area contributed by atoms with Crippen molar-refractivity contribution >= 4 is 37.2 Å². The summed E-state index contributed by atoms with van der Waals surface area (Å²) in [6.07, 6.45) is 0.647. The van der Waals surface area contributed by atoms with E-state index < -0.39 is 9.84 Å². The lowest BCUT2D eigenvalue weighted by Crippen LogP contribution is -2.33. The molecular formula is C18H19N3O2S2. The second-order valence-electron chi connectivity index (χ2n) is 6.46. The van der Waals surface area contributed by atoms with Gasteiger partial charge in [-0.2, -0.15) is 0 Å². The van der Waals surface area contributed by atoms with Crippen LogP contribution >= 0.6 is 11.3 Å². The maximum Gasteiger partial charge on any atom is 0.152 e. The Morgan fingerprint density at radius 2 is 1.96 bits per heavy atom. The van der Waals surface area contributed by atoms with Crippen LogP contribution in [-0.2, 0) is 9.84 Å². The number of nitrogens with zero attached hydrogens (tertiary/aromatic N) is 3. The fourth-order valence-electron chi connectivity index (χ4n) is 3.37. The Hall–Kier alpha value is -1.99. The Labute approximate surface area is 151 Å². The van der Waals surface area contributed by atoms with Crippen molar-refractivity contribution in [3.63, 3.8) is 0 Å². The minimum atomic E-state index is -2.94. The van der Waals surface area contributed by atoms with Crippen LogP contribution in [0.5, 0.6) is 0 Å². The summed E-state index contributed by atoms with van der Waals surface area (Å²) in [4.78, 5) is 12.2. The van der Waals surface area contributed by atoms with Crippen LogP contribution < -0.4 is 4.90 Å². The molecule has 25 heavy (non-hydrogen) atoms. The molecule has 0 aliphatic carbocycles. The first kappa shape index (κ1) is 16.5. The van der Waals surface area contributed by atoms with Gasteiger partial charge in [-0.3, -0.25) is 0 Å². The molecule has 0 radical (unpaired) electrons. The van der Waals surface area contributed by atoms with E-state index in [0.29, 0.717) is 12.2 Å². The molecule has 1 aliphatic rings. The lowest BCUT2D eigenvalue weighted by atomic mass is 10.1. The van der Waals surface area contributed by atoms with Crippen LogP contribution in [0.2, 0.25) is 0 Å². The summed E-state index contributed by atoms with van der Waals surface area (Å²) in [5.41, 5.74) is 2.22. The smallest absolute Gasteiger partial charge is 0.152 e. The number of sulfone groups is 1. The highest BCUT2D eigenvalue weighted by Gasteiger charge is 2.32. The molecule has 0 unspecified atom stereocenters. The fourth-order valence-corrected chi connectivity index (χ4v) is 6.13. The fraction of sp³-hybridized carbons (Fsp3) is 0.333. The zero-order chi connectivity index (χ0) is 17.6. The van der Waals surface area contributed by atoms with Crippen molar-refractivity contribution in [3.8, 4) is 11.1 Å². The number of rotatable bonds is 3. The molecule has 1 aromatic carbocycles. The second kappa shape index (κ2) is 6.07. The Morgan fingerprint density at radius 1 is 1.20 bits per heavy atom. The highest BCUT2D eigenvalue weighted by Crippen LogP contribution is 2.39. The summed E-state index contributed by atoms with van der Waals surface area (Å²) in [5, 5.41) is 3.12. The van der Waals surface area contributed by atoms with E-state index in [9.17, 15) is 8.42 Å². The Kier molecular flexibility index (Phi) is 4.00. The van der Waals surface area contributed by atoms with Crippen LogP contribution in [0.4, 0.5) is 5.82 Å². The average Bonchev–Trinajstić information content (AvgIpc) is 3.17. The summed E-state index contributed by atoms with van der Waals surface area (Å²) in [5.74, 6) is 1.98. The minimum Gasteiger partial charge on any atom is -0.355 e. The van der Waals surface area contributed by atoms with Crippen molar-refractivity contribution in [1.29, 1.82) is 0 Å². The van der Waals surface area contributed by atoms with E-state index in [1.54, 1.807) is 11.3 Å². The molecule has 130 valence electrons. The summed E-state index contributed by atoms with van der Waals surface area (Å²) >= 11 is 1.60. The molecule has 0 bridgehead atoms. The van der Waals surface area contributed by atoms with Crippen LogP contribution in [0.25, 0.3) is 21.3 Å². The zero-order valence-corrected chi connectivity index (χ0v) is 15.8. The van der Waals surface area contributed by atoms with Crippen LogP contribution in [0, 0.1) is 6.92 Å². The predicted molar refractivity (Wildman–Crippen MR) is 103 cm³/mol. The van der Waals surface area contributed by atoms with E-state index in [1.807, 2.05) is 37.1 Å². The lowest BCUT2D eigenvalue weighted by Gasteiger charge is -2.25. The van der Waals surface area contributed by atoms with E-state index in [1.165, 1.54) is 0 Å². The molecule has 0 spiro atoms. The monoisotopic (exact) mass is 373 g/mol. The molecule has 3 aromatic rings. The summed E-state index contributed by atoms with van der Waals surface area (Å²) < 4.78 is 23.8. The molecule has 0 amide bonds. The maximum absolute atomic E-state index is 11.9. The molecule has 1 fully saturated rings. The molecule has 0 N–H and O–H groups in total. The van der Waals surface area contributed by atoms with Gasteiger partial charge in [0.1, 0.15) is 16.5 Å². The van der Waals surface area contributed by atoms with E-state index in [0.717, 1.165) is 27.2 Å². The average molecular weight is 374 g/mol. The summed E-state index contributed by atoms with van der Waals surface area (Å²) in [6.45, 7) is 1.88. The van der Waals surface area contributed by atoms with Gasteiger partial charge in [0.05, 0.1) is 16.9 Å². The van der Waals surface area contributed by atoms with Gasteiger partial charge >= 0.3 is 0 Å². The SMILES string of the molecule is Cc1nc(N(C)[C@H]2CCS(=O)(=O)C2)c2c(-c3ccccc3)csc2n1. The zero-order valence-electron chi connectivity index (χ0n) is 14.1. The molecule has 2 aromatic heterocycles. The number of anilines is 1. The number of aryl methyl sites for hydroxylation is 1. The van der Waals surface area contributed by atoms with Crippen molar-refractivity contribution in [2.24, 2.45) is 0 Å². The Bertz CT molecular complexity index is 1030. The molecule has 1 saturated heterocycles. The van der Waals surface area contributed by atoms with Crippen LogP contribution in [0.3, 0.4) is 0 Å². The molecule has 4 rings (SSSR count). The summed E-state index contributed by atoms with van der Waals surface area (Å²) in [6, 6.07) is 10.1. The second-order valence-corrected chi connectivity index (χ2v) is 9.54. The third kappa shape index (κ3) is 3.02. The first-order valence-corrected chi connectivity index (χ1v) is 10.9. The topological polar surface area (TPSA) is 63.2 Å². The molecule has 3 heterocycles. The van der Waals surface area contributed by atoms with Crippen molar-refractivity contribution in [2.75, 3.05) is 23.5 Å². The number of aromatic nitrogens is 2. The number of hydrogen-bond acceptors (Lipinski definition) is 6. The summed E-state index contributed by atoms with van der Waals surface area (Å²) in [7, 11) is -1.000. The van der Waals surface area contributed by atoms with Crippen molar-refractivity contribution in [1.82, 2.24) is 9.97 Å². The molecule has 7 heteroatoms. The third-order valence-corrected chi connectivity index (χ3v) is 7.32. The van der Waals surface area contributed by atoms with Gasteiger partial charge < -0.3 is 4.90 Å². The number of fused-ring (bicyclic) bond motifs is 1. The molecular weight excluding hydrogens is 354 g/mol. The van der Waals surface area contributed by atoms with E-state index in [4.69, 9.17) is 0 Å². The first-order chi connectivity index (χ1) is 11.9. The standard InChI is InChI=1S/C18H19N3O2S2/c1-12-19-17(21(2)14-8-9-25(22,23)11-14)16-15(10-24-18(16)20-12)13-6-4-3-5-7-13/h3-7,10,14H,8-9,11H2,1-2H3/t14-/m0/s1. The van der Waals surface area contributed by atoms with Crippen molar-refractivity contribution in [3.05, 3.63) is 41.5 Å². The largest absolute Gasteiger partial charge is 0.355 e. The lowest BCUT2D eigenvalue weighted by molar-refractivity contribution is 0.600. The van der Waals surface area contributed by atoms with Gasteiger partial charge in [-0.1, -0.05) is 30.3 Å². The molecule has 1 atom stereocenters. The minimum absolute atomic E-state index is 0.0361. The first-order valence-electron chi connectivity index (χ1n) is 8.19. The maximum atomic E-state index is 11.9. The van der Waals surface area contributed by atoms with E-state index in [2.05, 4.69) is 27.5 Å². The van der Waals surface area contributed by atoms with Crippen molar-refractivity contribution in [2.45, 2.75) is 19.4 Å². The number of benzene rings is 1. The molecule has 5 nitrogen and oxygen atoms in total. The third-order valence-electron chi connectivity index (χ3n) is 4.70. The molecule has 1 aliphatic heterocycles. The normalized spacial score (nSPS) is 19.4. The molecule has 0 saturated carbocycles. The van der Waals surface area contributed by atoms with E-state index in [-0.39, 0.29) is 17.5 Å². The van der Waals surface area contributed by atoms with Gasteiger partial charge in [0.15, 0.2) is 9.84 Å². The van der Waals surface area contributed by atoms with Crippen LogP contribution in [0.1, 0.15) is 12.2 Å². The van der Waals surface area contributed by atoms with E-state index >= 15 is 0 Å². The van der Waals surface area contributed by atoms with Gasteiger partial charge in [0.2, 0.25) is 0 Å². The number of thiophene rings is 1. The van der Waals surface area contributed by atoms with Crippen LogP contribution in [-0.4, -0.2) is 43.0 Å².